The van der Waals surface area contributed by atoms with Gasteiger partial charge in [0.25, 0.3) is 0 Å². The van der Waals surface area contributed by atoms with E-state index in [1.165, 1.54) is 0 Å². The largest absolute Gasteiger partial charge is 0.481 e. The maximum absolute atomic E-state index is 14.7. The molecule has 3 saturated heterocycles. The van der Waals surface area contributed by atoms with Crippen LogP contribution in [0.3, 0.4) is 0 Å². The second kappa shape index (κ2) is 18.3. The van der Waals surface area contributed by atoms with Crippen LogP contribution in [0.15, 0.2) is 11.6 Å². The summed E-state index contributed by atoms with van der Waals surface area (Å²) in [5.41, 5.74) is -3.35. The molecule has 0 spiro atoms. The normalized spacial score (nSPS) is 54.0. The summed E-state index contributed by atoms with van der Waals surface area (Å²) in [6.07, 6.45) is -16.3. The highest BCUT2D eigenvalue weighted by Gasteiger charge is 2.74. The molecule has 3 heterocycles. The number of hydrogen-bond acceptors (Lipinski definition) is 18. The third-order valence-corrected chi connectivity index (χ3v) is 19.4. The number of fused-ring (bicyclic) bond motifs is 7. The zero-order valence-corrected chi connectivity index (χ0v) is 39.7. The van der Waals surface area contributed by atoms with Gasteiger partial charge in [-0.1, -0.05) is 53.2 Å². The summed E-state index contributed by atoms with van der Waals surface area (Å²) in [6, 6.07) is 0. The number of rotatable bonds is 9. The Morgan fingerprint density at radius 2 is 1.24 bits per heavy atom. The average molecular weight is 957 g/mol. The lowest BCUT2D eigenvalue weighted by molar-refractivity contribution is -0.364. The van der Waals surface area contributed by atoms with Crippen molar-refractivity contribution in [1.82, 2.24) is 0 Å². The van der Waals surface area contributed by atoms with Crippen molar-refractivity contribution < 1.29 is 94.2 Å². The van der Waals surface area contributed by atoms with Crippen molar-refractivity contribution in [2.45, 2.75) is 204 Å². The number of ether oxygens (including phenoxy) is 6. The molecule has 11 N–H and O–H groups in total. The third-order valence-electron chi connectivity index (χ3n) is 19.4. The van der Waals surface area contributed by atoms with Gasteiger partial charge in [0, 0.05) is 0 Å². The summed E-state index contributed by atoms with van der Waals surface area (Å²) in [4.78, 5) is 29.1. The van der Waals surface area contributed by atoms with Crippen LogP contribution in [0.5, 0.6) is 0 Å². The maximum atomic E-state index is 14.7. The van der Waals surface area contributed by atoms with E-state index in [9.17, 15) is 65.8 Å². The molecule has 67 heavy (non-hydrogen) atoms. The van der Waals surface area contributed by atoms with Crippen molar-refractivity contribution >= 4 is 11.9 Å². The molecule has 0 bridgehead atoms. The van der Waals surface area contributed by atoms with Crippen molar-refractivity contribution in [2.24, 2.45) is 56.7 Å². The van der Waals surface area contributed by atoms with Gasteiger partial charge in [-0.15, -0.1) is 0 Å². The van der Waals surface area contributed by atoms with Gasteiger partial charge < -0.3 is 84.6 Å². The van der Waals surface area contributed by atoms with Crippen LogP contribution in [0.4, 0.5) is 0 Å². The number of aliphatic hydroxyl groups excluding tert-OH is 10. The highest BCUT2D eigenvalue weighted by Crippen LogP contribution is 2.76. The number of allylic oxidation sites excluding steroid dienone is 1. The predicted octanol–water partition coefficient (Wildman–Crippen LogP) is 0.0887. The molecule has 0 radical (unpaired) electrons. The lowest BCUT2D eigenvalue weighted by Crippen LogP contribution is -2.68. The first kappa shape index (κ1) is 51.4. The van der Waals surface area contributed by atoms with Crippen molar-refractivity contribution in [2.75, 3.05) is 13.2 Å². The molecular formula is C48H76O19. The topological polar surface area (TPSA) is 312 Å². The second-order valence-corrected chi connectivity index (χ2v) is 22.8. The van der Waals surface area contributed by atoms with Crippen molar-refractivity contribution in [3.05, 3.63) is 11.6 Å². The quantitative estimate of drug-likeness (QED) is 0.0829. The third kappa shape index (κ3) is 7.70. The molecule has 8 aliphatic rings. The standard InChI is InChI=1S/C48H76O19/c1-20-10-15-47(43(61)67-41-36(57)33(54)31(52)25(19-50)64-41)16-17-48(42(59)60)23(29(47)21(20)2)8-9-27-45(6)13-12-28(44(4,5)26(45)11-14-46(27,48)7)65-39-37(58)34(55)38(22(3)62-39)66-40-35(56)32(53)30(51)24(18-49)63-40/h8,20-22,24-41,49-58H,9-19H2,1-7H3,(H,59,60). The van der Waals surface area contributed by atoms with Crippen LogP contribution >= 0.6 is 0 Å². The molecule has 0 aromatic heterocycles. The summed E-state index contributed by atoms with van der Waals surface area (Å²) in [5, 5.41) is 117. The lowest BCUT2D eigenvalue weighted by Gasteiger charge is -2.70. The molecule has 3 aliphatic heterocycles. The van der Waals surface area contributed by atoms with E-state index in [1.54, 1.807) is 6.92 Å². The minimum atomic E-state index is -1.78. The molecular weight excluding hydrogens is 881 g/mol. The number of carboxylic acid groups (broad SMARTS) is 1. The minimum Gasteiger partial charge on any atom is -0.481 e. The van der Waals surface area contributed by atoms with E-state index in [1.807, 2.05) is 0 Å². The maximum Gasteiger partial charge on any atom is 0.315 e. The Hall–Kier alpha value is -1.92. The van der Waals surface area contributed by atoms with Crippen LogP contribution in [0.1, 0.15) is 106 Å². The van der Waals surface area contributed by atoms with Gasteiger partial charge in [0.1, 0.15) is 67.1 Å². The van der Waals surface area contributed by atoms with Crippen LogP contribution in [-0.4, -0.2) is 180 Å². The van der Waals surface area contributed by atoms with Gasteiger partial charge in [0.2, 0.25) is 6.29 Å². The lowest BCUT2D eigenvalue weighted by atomic mass is 9.33. The fourth-order valence-corrected chi connectivity index (χ4v) is 15.4. The van der Waals surface area contributed by atoms with E-state index >= 15 is 0 Å². The molecule has 0 aromatic rings. The molecule has 8 rings (SSSR count). The van der Waals surface area contributed by atoms with Gasteiger partial charge in [0.15, 0.2) is 12.6 Å². The summed E-state index contributed by atoms with van der Waals surface area (Å²) in [6.45, 7) is 13.1. The molecule has 4 saturated carbocycles. The van der Waals surface area contributed by atoms with E-state index in [4.69, 9.17) is 28.4 Å². The number of esters is 1. The minimum absolute atomic E-state index is 0.0350. The molecule has 25 atom stereocenters. The van der Waals surface area contributed by atoms with Crippen LogP contribution in [0, 0.1) is 56.7 Å². The molecule has 0 amide bonds. The Bertz CT molecular complexity index is 1860. The zero-order valence-electron chi connectivity index (χ0n) is 39.7. The van der Waals surface area contributed by atoms with E-state index in [2.05, 4.69) is 47.6 Å². The monoisotopic (exact) mass is 956 g/mol. The second-order valence-electron chi connectivity index (χ2n) is 22.8. The fraction of sp³-hybridized carbons (Fsp3) is 0.917. The van der Waals surface area contributed by atoms with Crippen molar-refractivity contribution in [3.63, 3.8) is 0 Å². The smallest absolute Gasteiger partial charge is 0.315 e. The number of aliphatic carboxylic acids is 1. The Labute approximate surface area is 391 Å². The summed E-state index contributed by atoms with van der Waals surface area (Å²) in [5.74, 6) is -2.10. The molecule has 0 aromatic carbocycles. The molecule has 382 valence electrons. The first-order valence-corrected chi connectivity index (χ1v) is 24.5. The number of aliphatic hydroxyl groups is 10. The number of carboxylic acids is 1. The van der Waals surface area contributed by atoms with Gasteiger partial charge in [-0.25, -0.2) is 0 Å². The van der Waals surface area contributed by atoms with Gasteiger partial charge in [-0.3, -0.25) is 9.59 Å². The van der Waals surface area contributed by atoms with Crippen LogP contribution in [-0.2, 0) is 38.0 Å². The molecule has 19 heteroatoms. The first-order chi connectivity index (χ1) is 31.4. The fourth-order valence-electron chi connectivity index (χ4n) is 15.4. The molecule has 25 unspecified atom stereocenters. The number of carbonyl (C=O) groups excluding carboxylic acids is 1. The van der Waals surface area contributed by atoms with Gasteiger partial charge in [-0.05, 0) is 111 Å². The van der Waals surface area contributed by atoms with Gasteiger partial charge in [-0.2, -0.15) is 0 Å². The zero-order chi connectivity index (χ0) is 49.1. The molecule has 19 nitrogen and oxygen atoms in total. The van der Waals surface area contributed by atoms with E-state index in [0.717, 1.165) is 5.57 Å². The van der Waals surface area contributed by atoms with Gasteiger partial charge >= 0.3 is 11.9 Å². The summed E-state index contributed by atoms with van der Waals surface area (Å²) in [7, 11) is 0. The first-order valence-electron chi connectivity index (χ1n) is 24.5. The van der Waals surface area contributed by atoms with Crippen molar-refractivity contribution in [1.29, 1.82) is 0 Å². The van der Waals surface area contributed by atoms with Crippen molar-refractivity contribution in [3.8, 4) is 0 Å². The Morgan fingerprint density at radius 1 is 0.657 bits per heavy atom. The van der Waals surface area contributed by atoms with Crippen LogP contribution in [0.25, 0.3) is 0 Å². The summed E-state index contributed by atoms with van der Waals surface area (Å²) < 4.78 is 35.6. The van der Waals surface area contributed by atoms with Crippen LogP contribution < -0.4 is 0 Å². The number of hydrogen-bond donors (Lipinski definition) is 11. The van der Waals surface area contributed by atoms with Crippen LogP contribution in [0.2, 0.25) is 0 Å². The summed E-state index contributed by atoms with van der Waals surface area (Å²) >= 11 is 0. The Kier molecular flexibility index (Phi) is 14.0. The highest BCUT2D eigenvalue weighted by molar-refractivity contribution is 5.85. The predicted molar refractivity (Wildman–Crippen MR) is 231 cm³/mol. The highest BCUT2D eigenvalue weighted by atomic mass is 16.7. The molecule has 5 aliphatic carbocycles. The SMILES string of the molecule is CC1CCC2(C(=O)OC3OC(CO)C(O)C(O)C3O)CCC3(C(=O)O)C(=CCC4C5(C)CCC(OC6OC(C)C(OC7OC(CO)C(O)C(O)C7O)C(O)C6O)C(C)(C)C5CCC43C)C2C1C. The van der Waals surface area contributed by atoms with E-state index in [-0.39, 0.29) is 41.9 Å². The average Bonchev–Trinajstić information content (AvgIpc) is 3.28. The number of carbonyl (C=O) groups is 2. The molecule has 7 fully saturated rings. The van der Waals surface area contributed by atoms with E-state index in [0.29, 0.717) is 44.9 Å². The Morgan fingerprint density at radius 3 is 1.85 bits per heavy atom. The Balaban J connectivity index is 1.03. The van der Waals surface area contributed by atoms with E-state index < -0.39 is 151 Å². The van der Waals surface area contributed by atoms with Gasteiger partial charge in [0.05, 0.1) is 36.3 Å².